The second-order valence-electron chi connectivity index (χ2n) is 3.66. The molecule has 5 heteroatoms. The molecule has 2 aromatic rings. The number of hydrogen-bond acceptors (Lipinski definition) is 2. The van der Waals surface area contributed by atoms with Gasteiger partial charge in [-0.3, -0.25) is 0 Å². The summed E-state index contributed by atoms with van der Waals surface area (Å²) in [5.74, 6) is 0.241. The van der Waals surface area contributed by atoms with Crippen molar-refractivity contribution in [2.45, 2.75) is 6.92 Å². The van der Waals surface area contributed by atoms with Gasteiger partial charge in [0, 0.05) is 12.6 Å². The molecule has 0 amide bonds. The van der Waals surface area contributed by atoms with Gasteiger partial charge in [-0.05, 0) is 25.1 Å². The number of imidazole rings is 1. The first kappa shape index (κ1) is 11.6. The Balaban J connectivity index is 2.68. The zero-order chi connectivity index (χ0) is 12.6. The van der Waals surface area contributed by atoms with E-state index in [1.165, 1.54) is 12.1 Å². The number of aryl methyl sites for hydroxylation is 1. The fraction of sp³-hybridized carbons (Fsp3) is 0.167. The van der Waals surface area contributed by atoms with Crippen LogP contribution in [0.2, 0.25) is 5.02 Å². The molecule has 1 aromatic carbocycles. The van der Waals surface area contributed by atoms with Crippen molar-refractivity contribution < 1.29 is 4.39 Å². The molecule has 17 heavy (non-hydrogen) atoms. The largest absolute Gasteiger partial charge is 0.330 e. The predicted molar refractivity (Wildman–Crippen MR) is 63.1 cm³/mol. The number of nitrogens with zero attached hydrogens (tertiary/aromatic N) is 3. The molecule has 0 atom stereocenters. The quantitative estimate of drug-likeness (QED) is 0.779. The molecule has 0 aliphatic rings. The summed E-state index contributed by atoms with van der Waals surface area (Å²) in [5.41, 5.74) is 1.63. The van der Waals surface area contributed by atoms with Gasteiger partial charge < -0.3 is 4.57 Å². The second-order valence-corrected chi connectivity index (χ2v) is 4.06. The van der Waals surface area contributed by atoms with Crippen molar-refractivity contribution in [3.8, 4) is 17.3 Å². The van der Waals surface area contributed by atoms with Crippen LogP contribution in [0.15, 0.2) is 18.2 Å². The third kappa shape index (κ3) is 1.90. The normalized spacial score (nSPS) is 10.3. The van der Waals surface area contributed by atoms with Crippen molar-refractivity contribution in [1.82, 2.24) is 9.55 Å². The molecule has 0 fully saturated rings. The van der Waals surface area contributed by atoms with Crippen LogP contribution in [-0.4, -0.2) is 9.55 Å². The monoisotopic (exact) mass is 249 g/mol. The first-order valence-electron chi connectivity index (χ1n) is 4.93. The minimum Gasteiger partial charge on any atom is -0.330 e. The van der Waals surface area contributed by atoms with Crippen molar-refractivity contribution in [2.75, 3.05) is 0 Å². The van der Waals surface area contributed by atoms with E-state index in [4.69, 9.17) is 16.9 Å². The topological polar surface area (TPSA) is 41.6 Å². The lowest BCUT2D eigenvalue weighted by Gasteiger charge is -2.05. The van der Waals surface area contributed by atoms with E-state index in [0.717, 1.165) is 5.82 Å². The Hall–Kier alpha value is -1.86. The van der Waals surface area contributed by atoms with Gasteiger partial charge in [-0.2, -0.15) is 5.26 Å². The Kier molecular flexibility index (Phi) is 2.86. The molecule has 0 N–H and O–H groups in total. The fourth-order valence-corrected chi connectivity index (χ4v) is 1.84. The molecule has 0 aliphatic heterocycles. The SMILES string of the molecule is Cc1nc(C#N)c(-c2ccc(F)c(Cl)c2)n1C. The van der Waals surface area contributed by atoms with E-state index in [-0.39, 0.29) is 5.02 Å². The van der Waals surface area contributed by atoms with Gasteiger partial charge >= 0.3 is 0 Å². The summed E-state index contributed by atoms with van der Waals surface area (Å²) >= 11 is 5.73. The van der Waals surface area contributed by atoms with Crippen LogP contribution in [0.1, 0.15) is 11.5 Å². The predicted octanol–water partition coefficient (Wildman–Crippen LogP) is 3.06. The van der Waals surface area contributed by atoms with E-state index in [0.29, 0.717) is 17.0 Å². The van der Waals surface area contributed by atoms with Gasteiger partial charge in [0.2, 0.25) is 0 Å². The van der Waals surface area contributed by atoms with E-state index in [1.807, 2.05) is 6.07 Å². The number of rotatable bonds is 1. The number of nitriles is 1. The lowest BCUT2D eigenvalue weighted by atomic mass is 10.1. The Labute approximate surface area is 103 Å². The minimum absolute atomic E-state index is 0.0326. The van der Waals surface area contributed by atoms with Crippen LogP contribution in [0.3, 0.4) is 0 Å². The average molecular weight is 250 g/mol. The van der Waals surface area contributed by atoms with Crippen molar-refractivity contribution in [1.29, 1.82) is 5.26 Å². The molecule has 0 unspecified atom stereocenters. The molecular formula is C12H9ClFN3. The van der Waals surface area contributed by atoms with Crippen molar-refractivity contribution >= 4 is 11.6 Å². The fourth-order valence-electron chi connectivity index (χ4n) is 1.66. The number of hydrogen-bond donors (Lipinski definition) is 0. The van der Waals surface area contributed by atoms with Crippen LogP contribution < -0.4 is 0 Å². The molecule has 0 radical (unpaired) electrons. The zero-order valence-corrected chi connectivity index (χ0v) is 10.1. The molecule has 0 spiro atoms. The molecule has 1 aromatic heterocycles. The maximum Gasteiger partial charge on any atom is 0.166 e. The van der Waals surface area contributed by atoms with Crippen molar-refractivity contribution in [2.24, 2.45) is 7.05 Å². The van der Waals surface area contributed by atoms with E-state index < -0.39 is 5.82 Å². The van der Waals surface area contributed by atoms with Crippen LogP contribution in [0.25, 0.3) is 11.3 Å². The second kappa shape index (κ2) is 4.19. The van der Waals surface area contributed by atoms with Gasteiger partial charge in [0.15, 0.2) is 5.69 Å². The van der Waals surface area contributed by atoms with Crippen LogP contribution in [-0.2, 0) is 7.05 Å². The molecule has 0 saturated heterocycles. The average Bonchev–Trinajstić information content (AvgIpc) is 2.59. The molecule has 2 rings (SSSR count). The maximum absolute atomic E-state index is 13.1. The highest BCUT2D eigenvalue weighted by Gasteiger charge is 2.14. The summed E-state index contributed by atoms with van der Waals surface area (Å²) in [6, 6.07) is 6.38. The standard InChI is InChI=1S/C12H9ClFN3/c1-7-16-11(6-15)12(17(7)2)8-3-4-10(14)9(13)5-8/h3-5H,1-2H3. The first-order chi connectivity index (χ1) is 8.04. The number of benzene rings is 1. The van der Waals surface area contributed by atoms with Gasteiger partial charge in [-0.25, -0.2) is 9.37 Å². The van der Waals surface area contributed by atoms with Gasteiger partial charge in [0.25, 0.3) is 0 Å². The van der Waals surface area contributed by atoms with Gasteiger partial charge in [0.1, 0.15) is 17.7 Å². The highest BCUT2D eigenvalue weighted by Crippen LogP contribution is 2.27. The summed E-state index contributed by atoms with van der Waals surface area (Å²) in [6.45, 7) is 1.80. The van der Waals surface area contributed by atoms with E-state index in [9.17, 15) is 4.39 Å². The van der Waals surface area contributed by atoms with E-state index in [1.54, 1.807) is 24.6 Å². The lowest BCUT2D eigenvalue weighted by Crippen LogP contribution is -1.95. The highest BCUT2D eigenvalue weighted by molar-refractivity contribution is 6.31. The summed E-state index contributed by atoms with van der Waals surface area (Å²) < 4.78 is 14.9. The van der Waals surface area contributed by atoms with E-state index in [2.05, 4.69) is 4.98 Å². The Morgan fingerprint density at radius 3 is 2.76 bits per heavy atom. The van der Waals surface area contributed by atoms with Crippen molar-refractivity contribution in [3.63, 3.8) is 0 Å². The molecule has 3 nitrogen and oxygen atoms in total. The maximum atomic E-state index is 13.1. The number of halogens is 2. The molecule has 86 valence electrons. The molecule has 0 bridgehead atoms. The summed E-state index contributed by atoms with van der Waals surface area (Å²) in [4.78, 5) is 4.12. The van der Waals surface area contributed by atoms with Crippen LogP contribution >= 0.6 is 11.6 Å². The van der Waals surface area contributed by atoms with Crippen LogP contribution in [0.5, 0.6) is 0 Å². The Bertz CT molecular complexity index is 625. The smallest absolute Gasteiger partial charge is 0.166 e. The Morgan fingerprint density at radius 1 is 1.47 bits per heavy atom. The minimum atomic E-state index is -0.479. The van der Waals surface area contributed by atoms with Gasteiger partial charge in [-0.1, -0.05) is 11.6 Å². The molecular weight excluding hydrogens is 241 g/mol. The lowest BCUT2D eigenvalue weighted by molar-refractivity contribution is 0.628. The molecule has 0 saturated carbocycles. The first-order valence-corrected chi connectivity index (χ1v) is 5.31. The third-order valence-corrected chi connectivity index (χ3v) is 2.91. The van der Waals surface area contributed by atoms with Crippen molar-refractivity contribution in [3.05, 3.63) is 40.6 Å². The van der Waals surface area contributed by atoms with Gasteiger partial charge in [0.05, 0.1) is 10.7 Å². The van der Waals surface area contributed by atoms with Crippen LogP contribution in [0, 0.1) is 24.1 Å². The number of aromatic nitrogens is 2. The summed E-state index contributed by atoms with van der Waals surface area (Å²) in [6.07, 6.45) is 0. The summed E-state index contributed by atoms with van der Waals surface area (Å²) in [5, 5.41) is 9.04. The van der Waals surface area contributed by atoms with Crippen LogP contribution in [0.4, 0.5) is 4.39 Å². The highest BCUT2D eigenvalue weighted by atomic mass is 35.5. The Morgan fingerprint density at radius 2 is 2.18 bits per heavy atom. The third-order valence-electron chi connectivity index (χ3n) is 2.62. The zero-order valence-electron chi connectivity index (χ0n) is 9.33. The molecule has 0 aliphatic carbocycles. The molecule has 1 heterocycles. The summed E-state index contributed by atoms with van der Waals surface area (Å²) in [7, 11) is 1.80. The van der Waals surface area contributed by atoms with Gasteiger partial charge in [-0.15, -0.1) is 0 Å². The van der Waals surface area contributed by atoms with E-state index >= 15 is 0 Å².